The Labute approximate surface area is 73.2 Å². The van der Waals surface area contributed by atoms with Gasteiger partial charge in [-0.2, -0.15) is 8.78 Å². The van der Waals surface area contributed by atoms with Crippen LogP contribution in [0.25, 0.3) is 4.85 Å². The molecule has 1 nitrogen and oxygen atoms in total. The van der Waals surface area contributed by atoms with Gasteiger partial charge in [0, 0.05) is 4.90 Å². The van der Waals surface area contributed by atoms with Gasteiger partial charge in [0.15, 0.2) is 5.69 Å². The third-order valence-corrected chi connectivity index (χ3v) is 1.91. The molecule has 0 aromatic heterocycles. The van der Waals surface area contributed by atoms with E-state index in [1.54, 1.807) is 0 Å². The molecule has 1 rings (SSSR count). The molecular formula is C8H5F2NS. The minimum Gasteiger partial charge on any atom is -0.238 e. The summed E-state index contributed by atoms with van der Waals surface area (Å²) in [6.07, 6.45) is 0. The molecule has 0 radical (unpaired) electrons. The van der Waals surface area contributed by atoms with Gasteiger partial charge < -0.3 is 0 Å². The Balaban J connectivity index is 2.73. The van der Waals surface area contributed by atoms with Crippen molar-refractivity contribution in [2.45, 2.75) is 10.7 Å². The van der Waals surface area contributed by atoms with Crippen molar-refractivity contribution in [1.29, 1.82) is 0 Å². The SMILES string of the molecule is [C-]#[N+]c1ccc(SC(F)F)cc1. The van der Waals surface area contributed by atoms with Gasteiger partial charge in [-0.25, -0.2) is 4.85 Å². The van der Waals surface area contributed by atoms with Crippen LogP contribution in [0.4, 0.5) is 14.5 Å². The first-order valence-corrected chi connectivity index (χ1v) is 4.02. The van der Waals surface area contributed by atoms with Crippen molar-refractivity contribution in [1.82, 2.24) is 0 Å². The van der Waals surface area contributed by atoms with E-state index in [0.717, 1.165) is 0 Å². The van der Waals surface area contributed by atoms with E-state index < -0.39 is 5.76 Å². The highest BCUT2D eigenvalue weighted by Gasteiger charge is 2.03. The Kier molecular flexibility index (Phi) is 3.06. The van der Waals surface area contributed by atoms with Crippen LogP contribution in [0.2, 0.25) is 0 Å². The minimum absolute atomic E-state index is 0.466. The van der Waals surface area contributed by atoms with E-state index in [9.17, 15) is 8.78 Å². The molecule has 62 valence electrons. The van der Waals surface area contributed by atoms with E-state index in [2.05, 4.69) is 4.85 Å². The number of hydrogen-bond donors (Lipinski definition) is 0. The topological polar surface area (TPSA) is 4.36 Å². The van der Waals surface area contributed by atoms with E-state index in [4.69, 9.17) is 6.57 Å². The first kappa shape index (κ1) is 9.01. The second-order valence-corrected chi connectivity index (χ2v) is 3.05. The van der Waals surface area contributed by atoms with Crippen molar-refractivity contribution in [3.05, 3.63) is 35.7 Å². The number of alkyl halides is 2. The van der Waals surface area contributed by atoms with Gasteiger partial charge in [0.2, 0.25) is 0 Å². The standard InChI is InChI=1S/C8H5F2NS/c1-11-6-2-4-7(5-3-6)12-8(9)10/h2-5,8H. The molecule has 0 saturated heterocycles. The molecule has 4 heteroatoms. The predicted octanol–water partition coefficient (Wildman–Crippen LogP) is 3.55. The van der Waals surface area contributed by atoms with Gasteiger partial charge >= 0.3 is 0 Å². The monoisotopic (exact) mass is 185 g/mol. The maximum absolute atomic E-state index is 11.8. The first-order chi connectivity index (χ1) is 5.72. The molecular weight excluding hydrogens is 180 g/mol. The Bertz CT molecular complexity index is 289. The Morgan fingerprint density at radius 3 is 2.25 bits per heavy atom. The fourth-order valence-corrected chi connectivity index (χ4v) is 1.20. The number of hydrogen-bond acceptors (Lipinski definition) is 1. The van der Waals surface area contributed by atoms with Crippen LogP contribution in [-0.4, -0.2) is 5.76 Å². The predicted molar refractivity (Wildman–Crippen MR) is 44.6 cm³/mol. The van der Waals surface area contributed by atoms with Crippen molar-refractivity contribution in [3.63, 3.8) is 0 Å². The van der Waals surface area contributed by atoms with Gasteiger partial charge in [0.05, 0.1) is 6.57 Å². The smallest absolute Gasteiger partial charge is 0.238 e. The van der Waals surface area contributed by atoms with Gasteiger partial charge in [-0.05, 0) is 0 Å². The van der Waals surface area contributed by atoms with Crippen molar-refractivity contribution >= 4 is 17.4 Å². The molecule has 12 heavy (non-hydrogen) atoms. The Hall–Kier alpha value is -1.08. The van der Waals surface area contributed by atoms with Crippen LogP contribution >= 0.6 is 11.8 Å². The molecule has 0 aliphatic rings. The number of nitrogens with zero attached hydrogens (tertiary/aromatic N) is 1. The van der Waals surface area contributed by atoms with Gasteiger partial charge in [0.1, 0.15) is 0 Å². The molecule has 0 N–H and O–H groups in total. The number of thioether (sulfide) groups is 1. The molecule has 0 aliphatic heterocycles. The lowest BCUT2D eigenvalue weighted by molar-refractivity contribution is 0.252. The minimum atomic E-state index is -2.40. The highest BCUT2D eigenvalue weighted by atomic mass is 32.2. The fourth-order valence-electron chi connectivity index (χ4n) is 0.702. The molecule has 0 saturated carbocycles. The van der Waals surface area contributed by atoms with E-state index in [1.165, 1.54) is 24.3 Å². The molecule has 0 heterocycles. The fraction of sp³-hybridized carbons (Fsp3) is 0.125. The molecule has 0 amide bonds. The van der Waals surface area contributed by atoms with E-state index in [1.807, 2.05) is 0 Å². The molecule has 0 aliphatic carbocycles. The number of benzene rings is 1. The lowest BCUT2D eigenvalue weighted by Crippen LogP contribution is -1.79. The average Bonchev–Trinajstić information content (AvgIpc) is 2.05. The van der Waals surface area contributed by atoms with Crippen LogP contribution in [0.15, 0.2) is 29.2 Å². The maximum Gasteiger partial charge on any atom is 0.288 e. The highest BCUT2D eigenvalue weighted by molar-refractivity contribution is 7.99. The summed E-state index contributed by atoms with van der Waals surface area (Å²) in [7, 11) is 0. The van der Waals surface area contributed by atoms with Gasteiger partial charge in [0.25, 0.3) is 5.76 Å². The molecule has 0 spiro atoms. The van der Waals surface area contributed by atoms with Gasteiger partial charge in [-0.1, -0.05) is 36.0 Å². The van der Waals surface area contributed by atoms with Crippen LogP contribution < -0.4 is 0 Å². The second kappa shape index (κ2) is 4.07. The maximum atomic E-state index is 11.8. The summed E-state index contributed by atoms with van der Waals surface area (Å²) >= 11 is 0.481. The summed E-state index contributed by atoms with van der Waals surface area (Å²) in [6, 6.07) is 6.09. The van der Waals surface area contributed by atoms with Crippen LogP contribution in [0.3, 0.4) is 0 Å². The van der Waals surface area contributed by atoms with Crippen molar-refractivity contribution < 1.29 is 8.78 Å². The zero-order chi connectivity index (χ0) is 8.97. The van der Waals surface area contributed by atoms with Crippen molar-refractivity contribution in [3.8, 4) is 0 Å². The lowest BCUT2D eigenvalue weighted by atomic mass is 10.3. The zero-order valence-electron chi connectivity index (χ0n) is 6.00. The van der Waals surface area contributed by atoms with Gasteiger partial charge in [-0.15, -0.1) is 0 Å². The van der Waals surface area contributed by atoms with E-state index >= 15 is 0 Å². The molecule has 0 unspecified atom stereocenters. The summed E-state index contributed by atoms with van der Waals surface area (Å²) in [6.45, 7) is 6.63. The molecule has 0 fully saturated rings. The van der Waals surface area contributed by atoms with Crippen molar-refractivity contribution in [2.24, 2.45) is 0 Å². The third kappa shape index (κ3) is 2.51. The van der Waals surface area contributed by atoms with Crippen LogP contribution in [-0.2, 0) is 0 Å². The van der Waals surface area contributed by atoms with E-state index in [0.29, 0.717) is 22.3 Å². The average molecular weight is 185 g/mol. The Morgan fingerprint density at radius 1 is 1.25 bits per heavy atom. The van der Waals surface area contributed by atoms with Crippen LogP contribution in [0.1, 0.15) is 0 Å². The summed E-state index contributed by atoms with van der Waals surface area (Å²) in [5, 5.41) is 0. The van der Waals surface area contributed by atoms with Crippen molar-refractivity contribution in [2.75, 3.05) is 0 Å². The molecule has 1 aromatic carbocycles. The number of halogens is 2. The second-order valence-electron chi connectivity index (χ2n) is 1.98. The quantitative estimate of drug-likeness (QED) is 0.503. The summed E-state index contributed by atoms with van der Waals surface area (Å²) in [5.74, 6) is -2.40. The Morgan fingerprint density at radius 2 is 1.83 bits per heavy atom. The highest BCUT2D eigenvalue weighted by Crippen LogP contribution is 2.26. The normalized spacial score (nSPS) is 9.83. The van der Waals surface area contributed by atoms with Crippen LogP contribution in [0.5, 0.6) is 0 Å². The summed E-state index contributed by atoms with van der Waals surface area (Å²) in [4.78, 5) is 3.63. The first-order valence-electron chi connectivity index (χ1n) is 3.14. The zero-order valence-corrected chi connectivity index (χ0v) is 6.81. The number of rotatable bonds is 2. The molecule has 0 atom stereocenters. The molecule has 1 aromatic rings. The summed E-state index contributed by atoms with van der Waals surface area (Å²) in [5.41, 5.74) is 0.466. The molecule has 0 bridgehead atoms. The van der Waals surface area contributed by atoms with Gasteiger partial charge in [-0.3, -0.25) is 0 Å². The largest absolute Gasteiger partial charge is 0.288 e. The lowest BCUT2D eigenvalue weighted by Gasteiger charge is -1.98. The van der Waals surface area contributed by atoms with E-state index in [-0.39, 0.29) is 0 Å². The third-order valence-electron chi connectivity index (χ3n) is 1.19. The van der Waals surface area contributed by atoms with Crippen LogP contribution in [0, 0.1) is 6.57 Å². The summed E-state index contributed by atoms with van der Waals surface area (Å²) < 4.78 is 23.6.